The van der Waals surface area contributed by atoms with E-state index < -0.39 is 6.04 Å². The van der Waals surface area contributed by atoms with Gasteiger partial charge in [0, 0.05) is 11.9 Å². The van der Waals surface area contributed by atoms with Crippen molar-refractivity contribution in [2.24, 2.45) is 11.8 Å². The Bertz CT molecular complexity index is 1220. The molecule has 0 N–H and O–H groups in total. The second-order valence-electron chi connectivity index (χ2n) is 10.3. The number of halogens is 1. The first kappa shape index (κ1) is 25.7. The van der Waals surface area contributed by atoms with Gasteiger partial charge in [-0.3, -0.25) is 9.59 Å². The van der Waals surface area contributed by atoms with Crippen molar-refractivity contribution in [3.8, 4) is 11.5 Å². The zero-order chi connectivity index (χ0) is 26.3. The summed E-state index contributed by atoms with van der Waals surface area (Å²) in [7, 11) is 3.21. The zero-order valence-electron chi connectivity index (χ0n) is 21.8. The van der Waals surface area contributed by atoms with Crippen LogP contribution in [-0.4, -0.2) is 48.8 Å². The summed E-state index contributed by atoms with van der Waals surface area (Å²) >= 11 is 6.58. The number of hydrogen-bond acceptors (Lipinski definition) is 5. The summed E-state index contributed by atoms with van der Waals surface area (Å²) in [5.74, 6) is 1.24. The summed E-state index contributed by atoms with van der Waals surface area (Å²) in [6, 6.07) is 13.5. The third kappa shape index (κ3) is 4.61. The van der Waals surface area contributed by atoms with Gasteiger partial charge in [0.25, 0.3) is 5.91 Å². The quantitative estimate of drug-likeness (QED) is 0.463. The van der Waals surface area contributed by atoms with Crippen LogP contribution in [0.2, 0.25) is 0 Å². The molecular weight excluding hydrogens is 490 g/mol. The van der Waals surface area contributed by atoms with Gasteiger partial charge in [0.1, 0.15) is 6.10 Å². The molecular formula is C30H34ClNO5. The van der Waals surface area contributed by atoms with Crippen molar-refractivity contribution in [1.29, 1.82) is 0 Å². The lowest BCUT2D eigenvalue weighted by atomic mass is 9.74. The second kappa shape index (κ2) is 10.4. The van der Waals surface area contributed by atoms with Crippen molar-refractivity contribution in [3.63, 3.8) is 0 Å². The SMILES string of the molecule is CCc1ccc(C2C3=C(OC4CC(C)C(Cl)CC4C3=O)C(=O)N2CCc2ccc(OC)c(OC)c2)cc1. The number of aryl methyl sites for hydroxylation is 1. The zero-order valence-corrected chi connectivity index (χ0v) is 22.6. The molecule has 0 saturated heterocycles. The molecule has 0 aromatic heterocycles. The molecule has 6 nitrogen and oxygen atoms in total. The van der Waals surface area contributed by atoms with Gasteiger partial charge in [-0.15, -0.1) is 11.6 Å². The van der Waals surface area contributed by atoms with Gasteiger partial charge in [-0.2, -0.15) is 0 Å². The molecule has 2 aliphatic heterocycles. The molecule has 5 rings (SSSR count). The van der Waals surface area contributed by atoms with Crippen LogP contribution in [0.25, 0.3) is 0 Å². The van der Waals surface area contributed by atoms with Gasteiger partial charge in [-0.25, -0.2) is 0 Å². The van der Waals surface area contributed by atoms with Crippen LogP contribution >= 0.6 is 11.6 Å². The lowest BCUT2D eigenvalue weighted by Crippen LogP contribution is -2.44. The lowest BCUT2D eigenvalue weighted by molar-refractivity contribution is -0.136. The number of ether oxygens (including phenoxy) is 3. The average Bonchev–Trinajstić information content (AvgIpc) is 3.19. The summed E-state index contributed by atoms with van der Waals surface area (Å²) in [5.41, 5.74) is 3.62. The highest BCUT2D eigenvalue weighted by Crippen LogP contribution is 2.48. The highest BCUT2D eigenvalue weighted by molar-refractivity contribution is 6.21. The number of nitrogens with zero attached hydrogens (tertiary/aromatic N) is 1. The van der Waals surface area contributed by atoms with Crippen molar-refractivity contribution in [3.05, 3.63) is 70.5 Å². The van der Waals surface area contributed by atoms with Gasteiger partial charge in [-0.1, -0.05) is 44.2 Å². The van der Waals surface area contributed by atoms with Crippen LogP contribution in [0.4, 0.5) is 0 Å². The van der Waals surface area contributed by atoms with E-state index in [2.05, 4.69) is 26.0 Å². The van der Waals surface area contributed by atoms with Crippen molar-refractivity contribution >= 4 is 23.3 Å². The Balaban J connectivity index is 1.48. The minimum absolute atomic E-state index is 0.00957. The van der Waals surface area contributed by atoms with E-state index in [0.29, 0.717) is 42.9 Å². The van der Waals surface area contributed by atoms with Crippen molar-refractivity contribution < 1.29 is 23.8 Å². The van der Waals surface area contributed by atoms with E-state index in [1.165, 1.54) is 5.56 Å². The van der Waals surface area contributed by atoms with Crippen LogP contribution in [0.5, 0.6) is 11.5 Å². The molecule has 2 heterocycles. The molecule has 5 unspecified atom stereocenters. The van der Waals surface area contributed by atoms with E-state index in [9.17, 15) is 9.59 Å². The number of fused-ring (bicyclic) bond motifs is 1. The van der Waals surface area contributed by atoms with E-state index in [0.717, 1.165) is 17.5 Å². The number of rotatable bonds is 7. The van der Waals surface area contributed by atoms with Crippen molar-refractivity contribution in [2.75, 3.05) is 20.8 Å². The largest absolute Gasteiger partial charge is 0.493 e. The number of carbonyl (C=O) groups is 2. The van der Waals surface area contributed by atoms with Crippen LogP contribution in [0.3, 0.4) is 0 Å². The van der Waals surface area contributed by atoms with E-state index in [-0.39, 0.29) is 40.8 Å². The highest BCUT2D eigenvalue weighted by atomic mass is 35.5. The Morgan fingerprint density at radius 2 is 1.70 bits per heavy atom. The topological polar surface area (TPSA) is 65.1 Å². The number of Topliss-reactive ketones (excluding diaryl/α,β-unsaturated/α-hetero) is 1. The second-order valence-corrected chi connectivity index (χ2v) is 10.8. The summed E-state index contributed by atoms with van der Waals surface area (Å²) in [4.78, 5) is 29.5. The number of carbonyl (C=O) groups excluding carboxylic acids is 2. The first-order chi connectivity index (χ1) is 17.9. The van der Waals surface area contributed by atoms with Crippen LogP contribution in [0.15, 0.2) is 53.8 Å². The minimum Gasteiger partial charge on any atom is -0.493 e. The maximum atomic E-state index is 13.9. The number of ketones is 1. The molecule has 0 spiro atoms. The number of benzene rings is 2. The van der Waals surface area contributed by atoms with E-state index in [1.807, 2.05) is 30.3 Å². The molecule has 1 aliphatic carbocycles. The molecule has 5 atom stereocenters. The average molecular weight is 524 g/mol. The van der Waals surface area contributed by atoms with Crippen LogP contribution < -0.4 is 9.47 Å². The number of alkyl halides is 1. The number of amides is 1. The third-order valence-electron chi connectivity index (χ3n) is 8.10. The molecule has 2 aromatic rings. The number of hydrogen-bond donors (Lipinski definition) is 0. The summed E-state index contributed by atoms with van der Waals surface area (Å²) in [6.07, 6.45) is 2.47. The van der Waals surface area contributed by atoms with Gasteiger partial charge in [0.15, 0.2) is 23.0 Å². The van der Waals surface area contributed by atoms with Crippen molar-refractivity contribution in [1.82, 2.24) is 4.90 Å². The van der Waals surface area contributed by atoms with Crippen LogP contribution in [-0.2, 0) is 27.2 Å². The Morgan fingerprint density at radius 1 is 1.00 bits per heavy atom. The predicted octanol–water partition coefficient (Wildman–Crippen LogP) is 5.27. The Kier molecular flexibility index (Phi) is 7.21. The molecule has 0 radical (unpaired) electrons. The van der Waals surface area contributed by atoms with Crippen molar-refractivity contribution in [2.45, 2.75) is 57.1 Å². The molecule has 37 heavy (non-hydrogen) atoms. The Labute approximate surface area is 223 Å². The smallest absolute Gasteiger partial charge is 0.290 e. The molecule has 1 amide bonds. The van der Waals surface area contributed by atoms with Crippen LogP contribution in [0.1, 0.15) is 49.4 Å². The fraction of sp³-hybridized carbons (Fsp3) is 0.467. The molecule has 2 aromatic carbocycles. The molecule has 3 aliphatic rings. The molecule has 0 bridgehead atoms. The number of methoxy groups -OCH3 is 2. The maximum Gasteiger partial charge on any atom is 0.290 e. The predicted molar refractivity (Wildman–Crippen MR) is 142 cm³/mol. The third-order valence-corrected chi connectivity index (χ3v) is 8.71. The van der Waals surface area contributed by atoms with E-state index in [4.69, 9.17) is 25.8 Å². The van der Waals surface area contributed by atoms with Gasteiger partial charge in [0.05, 0.1) is 31.8 Å². The van der Waals surface area contributed by atoms with Gasteiger partial charge < -0.3 is 19.1 Å². The minimum atomic E-state index is -0.477. The summed E-state index contributed by atoms with van der Waals surface area (Å²) in [5, 5.41) is -0.0727. The molecule has 1 fully saturated rings. The van der Waals surface area contributed by atoms with Crippen LogP contribution in [0, 0.1) is 11.8 Å². The normalized spacial score (nSPS) is 27.1. The van der Waals surface area contributed by atoms with Gasteiger partial charge in [-0.05, 0) is 60.4 Å². The molecule has 196 valence electrons. The molecule has 7 heteroatoms. The molecule has 1 saturated carbocycles. The summed E-state index contributed by atoms with van der Waals surface area (Å²) < 4.78 is 17.1. The van der Waals surface area contributed by atoms with E-state index >= 15 is 0 Å². The standard InChI is InChI=1S/C30H34ClNO5/c1-5-18-6-9-20(10-7-18)27-26-28(33)21-16-22(31)17(2)14-24(21)37-29(26)30(34)32(27)13-12-19-8-11-23(35-3)25(15-19)36-4/h6-11,15,17,21-22,24,27H,5,12-14,16H2,1-4H3. The van der Waals surface area contributed by atoms with E-state index in [1.54, 1.807) is 19.1 Å². The first-order valence-electron chi connectivity index (χ1n) is 13.1. The highest BCUT2D eigenvalue weighted by Gasteiger charge is 2.53. The lowest BCUT2D eigenvalue weighted by Gasteiger charge is -2.40. The fourth-order valence-electron chi connectivity index (χ4n) is 5.86. The summed E-state index contributed by atoms with van der Waals surface area (Å²) in [6.45, 7) is 4.62. The monoisotopic (exact) mass is 523 g/mol. The Hall–Kier alpha value is -2.99. The fourth-order valence-corrected chi connectivity index (χ4v) is 6.16. The maximum absolute atomic E-state index is 13.9. The first-order valence-corrected chi connectivity index (χ1v) is 13.5. The van der Waals surface area contributed by atoms with Gasteiger partial charge in [0.2, 0.25) is 0 Å². The van der Waals surface area contributed by atoms with Gasteiger partial charge >= 0.3 is 0 Å². The Morgan fingerprint density at radius 3 is 2.38 bits per heavy atom.